The van der Waals surface area contributed by atoms with E-state index < -0.39 is 10.7 Å². The standard InChI is InChI=1S/C12H13FN4O5/c1-21-11-9(5-8(13)6-14-11)16-7-10(17(19)20)12(15-16)22-4-2-3-18/h5-7,18H,2-4H2,1H3. The SMILES string of the molecule is COc1ncc(F)cc1-n1cc([N+](=O)[O-])c(OCCCO)n1. The molecule has 0 aliphatic carbocycles. The predicted octanol–water partition coefficient (Wildman–Crippen LogP) is 1.08. The zero-order valence-corrected chi connectivity index (χ0v) is 11.6. The first-order chi connectivity index (χ1) is 10.6. The lowest BCUT2D eigenvalue weighted by Gasteiger charge is -2.06. The molecule has 0 fully saturated rings. The molecule has 10 heteroatoms. The van der Waals surface area contributed by atoms with Crippen LogP contribution in [0.2, 0.25) is 0 Å². The molecule has 0 radical (unpaired) electrons. The van der Waals surface area contributed by atoms with E-state index >= 15 is 0 Å². The lowest BCUT2D eigenvalue weighted by molar-refractivity contribution is -0.385. The second-order valence-corrected chi connectivity index (χ2v) is 4.13. The summed E-state index contributed by atoms with van der Waals surface area (Å²) in [4.78, 5) is 14.1. The molecule has 118 valence electrons. The van der Waals surface area contributed by atoms with Crippen molar-refractivity contribution in [3.8, 4) is 17.4 Å². The highest BCUT2D eigenvalue weighted by Gasteiger charge is 2.23. The Labute approximate surface area is 124 Å². The fourth-order valence-corrected chi connectivity index (χ4v) is 1.67. The van der Waals surface area contributed by atoms with Crippen molar-refractivity contribution in [3.05, 3.63) is 34.4 Å². The summed E-state index contributed by atoms with van der Waals surface area (Å²) in [5.41, 5.74) is -0.285. The summed E-state index contributed by atoms with van der Waals surface area (Å²) >= 11 is 0. The van der Waals surface area contributed by atoms with E-state index in [1.807, 2.05) is 0 Å². The van der Waals surface area contributed by atoms with Crippen LogP contribution in [0, 0.1) is 15.9 Å². The average molecular weight is 312 g/mol. The highest BCUT2D eigenvalue weighted by Crippen LogP contribution is 2.29. The molecule has 2 rings (SSSR count). The molecule has 0 unspecified atom stereocenters. The molecule has 2 aromatic rings. The maximum absolute atomic E-state index is 13.3. The Hall–Kier alpha value is -2.75. The Morgan fingerprint density at radius 1 is 1.50 bits per heavy atom. The van der Waals surface area contributed by atoms with Crippen LogP contribution < -0.4 is 9.47 Å². The Balaban J connectivity index is 2.41. The highest BCUT2D eigenvalue weighted by atomic mass is 19.1. The molecule has 1 N–H and O–H groups in total. The van der Waals surface area contributed by atoms with Gasteiger partial charge in [0.2, 0.25) is 5.88 Å². The fourth-order valence-electron chi connectivity index (χ4n) is 1.67. The first-order valence-electron chi connectivity index (χ1n) is 6.24. The summed E-state index contributed by atoms with van der Waals surface area (Å²) in [6.45, 7) is -0.0525. The summed E-state index contributed by atoms with van der Waals surface area (Å²) < 4.78 is 24.5. The third kappa shape index (κ3) is 3.28. The van der Waals surface area contributed by atoms with Crippen molar-refractivity contribution in [2.24, 2.45) is 0 Å². The molecule has 0 saturated heterocycles. The van der Waals surface area contributed by atoms with Crippen LogP contribution in [-0.2, 0) is 0 Å². The molecule has 0 aromatic carbocycles. The number of ether oxygens (including phenoxy) is 2. The minimum absolute atomic E-state index is 0.0562. The van der Waals surface area contributed by atoms with E-state index in [0.717, 1.165) is 23.1 Å². The van der Waals surface area contributed by atoms with E-state index in [1.165, 1.54) is 7.11 Å². The number of nitrogens with zero attached hydrogens (tertiary/aromatic N) is 4. The Morgan fingerprint density at radius 2 is 2.27 bits per heavy atom. The van der Waals surface area contributed by atoms with E-state index in [4.69, 9.17) is 14.6 Å². The molecule has 2 aromatic heterocycles. The number of nitro groups is 1. The molecule has 0 spiro atoms. The van der Waals surface area contributed by atoms with Gasteiger partial charge in [-0.05, 0) is 0 Å². The maximum atomic E-state index is 13.3. The topological polar surface area (TPSA) is 113 Å². The molecule has 0 aliphatic rings. The minimum atomic E-state index is -0.670. The first-order valence-corrected chi connectivity index (χ1v) is 6.24. The number of rotatable bonds is 7. The van der Waals surface area contributed by atoms with Gasteiger partial charge in [0, 0.05) is 19.1 Å². The minimum Gasteiger partial charge on any atom is -0.479 e. The Morgan fingerprint density at radius 3 is 2.91 bits per heavy atom. The normalized spacial score (nSPS) is 10.5. The number of hydrogen-bond donors (Lipinski definition) is 1. The number of pyridine rings is 1. The quantitative estimate of drug-likeness (QED) is 0.462. The van der Waals surface area contributed by atoms with Crippen LogP contribution in [0.5, 0.6) is 11.8 Å². The van der Waals surface area contributed by atoms with Gasteiger partial charge in [-0.15, -0.1) is 5.10 Å². The molecular weight excluding hydrogens is 299 g/mol. The van der Waals surface area contributed by atoms with Crippen molar-refractivity contribution in [1.82, 2.24) is 14.8 Å². The third-order valence-corrected chi connectivity index (χ3v) is 2.64. The number of aromatic nitrogens is 3. The number of halogens is 1. The van der Waals surface area contributed by atoms with Crippen LogP contribution in [0.1, 0.15) is 6.42 Å². The Kier molecular flexibility index (Phi) is 4.84. The molecule has 2 heterocycles. The van der Waals surface area contributed by atoms with Gasteiger partial charge in [-0.1, -0.05) is 0 Å². The predicted molar refractivity (Wildman–Crippen MR) is 71.7 cm³/mol. The monoisotopic (exact) mass is 312 g/mol. The van der Waals surface area contributed by atoms with Crippen LogP contribution in [0.4, 0.5) is 10.1 Å². The van der Waals surface area contributed by atoms with Gasteiger partial charge in [0.05, 0.1) is 24.8 Å². The second kappa shape index (κ2) is 6.80. The smallest absolute Gasteiger partial charge is 0.350 e. The molecule has 22 heavy (non-hydrogen) atoms. The van der Waals surface area contributed by atoms with Crippen LogP contribution in [0.25, 0.3) is 5.69 Å². The summed E-state index contributed by atoms with van der Waals surface area (Å²) in [5, 5.41) is 23.6. The van der Waals surface area contributed by atoms with E-state index in [9.17, 15) is 14.5 Å². The van der Waals surface area contributed by atoms with Crippen molar-refractivity contribution < 1.29 is 23.9 Å². The van der Waals surface area contributed by atoms with Crippen molar-refractivity contribution >= 4 is 5.69 Å². The average Bonchev–Trinajstić information content (AvgIpc) is 2.92. The third-order valence-electron chi connectivity index (χ3n) is 2.64. The Bertz CT molecular complexity index is 676. The van der Waals surface area contributed by atoms with Gasteiger partial charge in [0.1, 0.15) is 17.7 Å². The number of aliphatic hydroxyl groups is 1. The van der Waals surface area contributed by atoms with Crippen LogP contribution in [0.15, 0.2) is 18.5 Å². The van der Waals surface area contributed by atoms with Gasteiger partial charge >= 0.3 is 11.6 Å². The van der Waals surface area contributed by atoms with Crippen molar-refractivity contribution in [3.63, 3.8) is 0 Å². The van der Waals surface area contributed by atoms with Gasteiger partial charge in [-0.2, -0.15) is 0 Å². The summed E-state index contributed by atoms with van der Waals surface area (Å²) in [6, 6.07) is 1.08. The molecule has 0 saturated carbocycles. The van der Waals surface area contributed by atoms with Gasteiger partial charge < -0.3 is 14.6 Å². The number of methoxy groups -OCH3 is 1. The van der Waals surface area contributed by atoms with E-state index in [-0.39, 0.29) is 36.3 Å². The van der Waals surface area contributed by atoms with Crippen molar-refractivity contribution in [2.75, 3.05) is 20.3 Å². The summed E-state index contributed by atoms with van der Waals surface area (Å²) in [5.74, 6) is -0.817. The number of hydrogen-bond acceptors (Lipinski definition) is 7. The molecule has 0 atom stereocenters. The summed E-state index contributed by atoms with van der Waals surface area (Å²) in [6.07, 6.45) is 2.33. The lowest BCUT2D eigenvalue weighted by Crippen LogP contribution is -2.04. The van der Waals surface area contributed by atoms with Gasteiger partial charge in [-0.3, -0.25) is 10.1 Å². The first kappa shape index (κ1) is 15.6. The molecule has 0 bridgehead atoms. The zero-order valence-electron chi connectivity index (χ0n) is 11.6. The lowest BCUT2D eigenvalue weighted by atomic mass is 10.4. The van der Waals surface area contributed by atoms with Crippen molar-refractivity contribution in [1.29, 1.82) is 0 Å². The molecule has 9 nitrogen and oxygen atoms in total. The van der Waals surface area contributed by atoms with E-state index in [2.05, 4.69) is 10.1 Å². The van der Waals surface area contributed by atoms with Gasteiger partial charge in [-0.25, -0.2) is 14.1 Å². The highest BCUT2D eigenvalue weighted by molar-refractivity contribution is 5.47. The largest absolute Gasteiger partial charge is 0.479 e. The van der Waals surface area contributed by atoms with Crippen LogP contribution >= 0.6 is 0 Å². The fraction of sp³-hybridized carbons (Fsp3) is 0.333. The summed E-state index contributed by atoms with van der Waals surface area (Å²) in [7, 11) is 1.33. The number of aliphatic hydroxyl groups excluding tert-OH is 1. The van der Waals surface area contributed by atoms with Gasteiger partial charge in [0.15, 0.2) is 0 Å². The van der Waals surface area contributed by atoms with E-state index in [1.54, 1.807) is 0 Å². The van der Waals surface area contributed by atoms with Gasteiger partial charge in [0.25, 0.3) is 0 Å². The maximum Gasteiger partial charge on any atom is 0.350 e. The van der Waals surface area contributed by atoms with Crippen LogP contribution in [-0.4, -0.2) is 45.1 Å². The molecular formula is C12H13FN4O5. The van der Waals surface area contributed by atoms with Crippen LogP contribution in [0.3, 0.4) is 0 Å². The van der Waals surface area contributed by atoms with E-state index in [0.29, 0.717) is 6.42 Å². The molecule has 0 amide bonds. The second-order valence-electron chi connectivity index (χ2n) is 4.13. The molecule has 0 aliphatic heterocycles. The van der Waals surface area contributed by atoms with Crippen molar-refractivity contribution in [2.45, 2.75) is 6.42 Å². The zero-order chi connectivity index (χ0) is 16.1.